The fraction of sp³-hybridized carbons (Fsp3) is 0. The van der Waals surface area contributed by atoms with Gasteiger partial charge < -0.3 is 10.5 Å². The van der Waals surface area contributed by atoms with E-state index in [1.807, 2.05) is 0 Å². The molecule has 0 saturated heterocycles. The monoisotopic (exact) mass is 327 g/mol. The standard InChI is InChI=1S/C11H7BrFN3OS/c12-7-2-1-6(13)5-8(7)17-11-9(10(14)18)15-3-4-16-11/h1-5H,(H2,14,18). The summed E-state index contributed by atoms with van der Waals surface area (Å²) in [4.78, 5) is 7.99. The summed E-state index contributed by atoms with van der Waals surface area (Å²) in [5.74, 6) is -0.0155. The Labute approximate surface area is 116 Å². The van der Waals surface area contributed by atoms with Crippen LogP contribution >= 0.6 is 28.1 Å². The van der Waals surface area contributed by atoms with Crippen molar-refractivity contribution < 1.29 is 9.13 Å². The van der Waals surface area contributed by atoms with Crippen LogP contribution < -0.4 is 10.5 Å². The summed E-state index contributed by atoms with van der Waals surface area (Å²) < 4.78 is 19.2. The molecular weight excluding hydrogens is 321 g/mol. The van der Waals surface area contributed by atoms with Gasteiger partial charge in [-0.3, -0.25) is 0 Å². The molecule has 0 unspecified atom stereocenters. The highest BCUT2D eigenvalue weighted by Crippen LogP contribution is 2.30. The van der Waals surface area contributed by atoms with E-state index < -0.39 is 5.82 Å². The molecule has 1 heterocycles. The van der Waals surface area contributed by atoms with Gasteiger partial charge in [-0.2, -0.15) is 0 Å². The Morgan fingerprint density at radius 1 is 1.33 bits per heavy atom. The molecule has 7 heteroatoms. The zero-order valence-corrected chi connectivity index (χ0v) is 11.3. The predicted octanol–water partition coefficient (Wildman–Crippen LogP) is 2.80. The molecule has 0 radical (unpaired) electrons. The lowest BCUT2D eigenvalue weighted by molar-refractivity contribution is 0.451. The number of thiocarbonyl (C=S) groups is 1. The van der Waals surface area contributed by atoms with Crippen molar-refractivity contribution >= 4 is 33.1 Å². The highest BCUT2D eigenvalue weighted by Gasteiger charge is 2.12. The highest BCUT2D eigenvalue weighted by atomic mass is 79.9. The number of nitrogens with two attached hydrogens (primary N) is 1. The van der Waals surface area contributed by atoms with E-state index in [4.69, 9.17) is 22.7 Å². The Kier molecular flexibility index (Phi) is 3.83. The summed E-state index contributed by atoms with van der Waals surface area (Å²) in [5.41, 5.74) is 5.75. The van der Waals surface area contributed by atoms with Gasteiger partial charge in [-0.1, -0.05) is 12.2 Å². The Hall–Kier alpha value is -1.60. The van der Waals surface area contributed by atoms with Crippen molar-refractivity contribution in [1.29, 1.82) is 0 Å². The van der Waals surface area contributed by atoms with Crippen LogP contribution in [0.3, 0.4) is 0 Å². The van der Waals surface area contributed by atoms with Crippen LogP contribution in [-0.4, -0.2) is 15.0 Å². The topological polar surface area (TPSA) is 61.0 Å². The molecule has 4 nitrogen and oxygen atoms in total. The summed E-state index contributed by atoms with van der Waals surface area (Å²) in [7, 11) is 0. The van der Waals surface area contributed by atoms with Crippen LogP contribution in [0.5, 0.6) is 11.6 Å². The smallest absolute Gasteiger partial charge is 0.248 e. The van der Waals surface area contributed by atoms with Gasteiger partial charge in [0.05, 0.1) is 4.47 Å². The van der Waals surface area contributed by atoms with Gasteiger partial charge in [-0.25, -0.2) is 14.4 Å². The Bertz CT molecular complexity index is 609. The minimum atomic E-state index is -0.422. The van der Waals surface area contributed by atoms with E-state index in [1.54, 1.807) is 0 Å². The van der Waals surface area contributed by atoms with Crippen LogP contribution in [0.2, 0.25) is 0 Å². The van der Waals surface area contributed by atoms with Gasteiger partial charge >= 0.3 is 0 Å². The average molecular weight is 328 g/mol. The molecule has 0 amide bonds. The lowest BCUT2D eigenvalue weighted by Gasteiger charge is -2.09. The normalized spacial score (nSPS) is 10.1. The molecule has 2 aromatic rings. The van der Waals surface area contributed by atoms with Gasteiger partial charge in [0.25, 0.3) is 0 Å². The third-order valence-electron chi connectivity index (χ3n) is 2.00. The van der Waals surface area contributed by atoms with E-state index in [0.717, 1.165) is 0 Å². The maximum Gasteiger partial charge on any atom is 0.248 e. The van der Waals surface area contributed by atoms with Gasteiger partial charge in [0.1, 0.15) is 16.6 Å². The molecule has 0 fully saturated rings. The van der Waals surface area contributed by atoms with Crippen LogP contribution in [0.15, 0.2) is 35.1 Å². The number of rotatable bonds is 3. The molecule has 0 aliphatic carbocycles. The predicted molar refractivity (Wildman–Crippen MR) is 72.1 cm³/mol. The first-order chi connectivity index (χ1) is 8.58. The second-order valence-electron chi connectivity index (χ2n) is 3.25. The molecule has 92 valence electrons. The van der Waals surface area contributed by atoms with E-state index in [0.29, 0.717) is 4.47 Å². The fourth-order valence-corrected chi connectivity index (χ4v) is 1.70. The number of hydrogen-bond donors (Lipinski definition) is 1. The van der Waals surface area contributed by atoms with Gasteiger partial charge in [0.2, 0.25) is 5.88 Å². The third kappa shape index (κ3) is 2.80. The zero-order valence-electron chi connectivity index (χ0n) is 8.93. The number of halogens is 2. The minimum Gasteiger partial charge on any atom is -0.436 e. The lowest BCUT2D eigenvalue weighted by Crippen LogP contribution is -2.13. The van der Waals surface area contributed by atoms with E-state index >= 15 is 0 Å². The van der Waals surface area contributed by atoms with Crippen molar-refractivity contribution in [2.24, 2.45) is 5.73 Å². The number of benzene rings is 1. The lowest BCUT2D eigenvalue weighted by atomic mass is 10.3. The molecule has 0 bridgehead atoms. The van der Waals surface area contributed by atoms with Crippen molar-refractivity contribution in [3.63, 3.8) is 0 Å². The summed E-state index contributed by atoms with van der Waals surface area (Å²) in [6, 6.07) is 4.06. The van der Waals surface area contributed by atoms with Gasteiger partial charge in [-0.05, 0) is 28.1 Å². The zero-order chi connectivity index (χ0) is 13.1. The Morgan fingerprint density at radius 2 is 2.06 bits per heavy atom. The number of ether oxygens (including phenoxy) is 1. The highest BCUT2D eigenvalue weighted by molar-refractivity contribution is 9.10. The Balaban J connectivity index is 2.40. The van der Waals surface area contributed by atoms with Crippen molar-refractivity contribution in [3.8, 4) is 11.6 Å². The maximum atomic E-state index is 13.1. The first-order valence-corrected chi connectivity index (χ1v) is 6.02. The maximum absolute atomic E-state index is 13.1. The van der Waals surface area contributed by atoms with Crippen LogP contribution in [0, 0.1) is 5.82 Å². The number of hydrogen-bond acceptors (Lipinski definition) is 4. The molecule has 1 aromatic heterocycles. The molecule has 2 rings (SSSR count). The first-order valence-electron chi connectivity index (χ1n) is 4.81. The first kappa shape index (κ1) is 12.8. The molecule has 0 spiro atoms. The van der Waals surface area contributed by atoms with E-state index in [-0.39, 0.29) is 22.3 Å². The molecule has 0 aliphatic rings. The molecular formula is C11H7BrFN3OS. The van der Waals surface area contributed by atoms with E-state index in [1.165, 1.54) is 30.6 Å². The Morgan fingerprint density at radius 3 is 2.78 bits per heavy atom. The van der Waals surface area contributed by atoms with E-state index in [2.05, 4.69) is 25.9 Å². The number of nitrogens with zero attached hydrogens (tertiary/aromatic N) is 2. The quantitative estimate of drug-likeness (QED) is 0.878. The SMILES string of the molecule is NC(=S)c1nccnc1Oc1cc(F)ccc1Br. The van der Waals surface area contributed by atoms with E-state index in [9.17, 15) is 4.39 Å². The third-order valence-corrected chi connectivity index (χ3v) is 2.85. The van der Waals surface area contributed by atoms with Crippen LogP contribution in [0.1, 0.15) is 5.69 Å². The fourth-order valence-electron chi connectivity index (χ4n) is 1.23. The molecule has 2 N–H and O–H groups in total. The number of aromatic nitrogens is 2. The summed E-state index contributed by atoms with van der Waals surface area (Å²) in [6.07, 6.45) is 2.88. The van der Waals surface area contributed by atoms with Crippen molar-refractivity contribution in [3.05, 3.63) is 46.6 Å². The molecule has 0 atom stereocenters. The average Bonchev–Trinajstić information content (AvgIpc) is 2.34. The van der Waals surface area contributed by atoms with Gasteiger partial charge in [-0.15, -0.1) is 0 Å². The van der Waals surface area contributed by atoms with Crippen LogP contribution in [0.4, 0.5) is 4.39 Å². The van der Waals surface area contributed by atoms with Gasteiger partial charge in [0.15, 0.2) is 5.69 Å². The molecule has 1 aromatic carbocycles. The second-order valence-corrected chi connectivity index (χ2v) is 4.55. The summed E-state index contributed by atoms with van der Waals surface area (Å²) in [6.45, 7) is 0. The van der Waals surface area contributed by atoms with Crippen molar-refractivity contribution in [2.75, 3.05) is 0 Å². The van der Waals surface area contributed by atoms with Gasteiger partial charge in [0, 0.05) is 18.5 Å². The molecule has 0 aliphatic heterocycles. The second kappa shape index (κ2) is 5.36. The van der Waals surface area contributed by atoms with Crippen molar-refractivity contribution in [1.82, 2.24) is 9.97 Å². The summed E-state index contributed by atoms with van der Waals surface area (Å²) in [5, 5.41) is 0. The van der Waals surface area contributed by atoms with Crippen LogP contribution in [0.25, 0.3) is 0 Å². The van der Waals surface area contributed by atoms with Crippen LogP contribution in [-0.2, 0) is 0 Å². The molecule has 0 saturated carbocycles. The summed E-state index contributed by atoms with van der Waals surface area (Å²) >= 11 is 8.08. The largest absolute Gasteiger partial charge is 0.436 e. The minimum absolute atomic E-state index is 0.0608. The molecule has 18 heavy (non-hydrogen) atoms. The van der Waals surface area contributed by atoms with Crippen molar-refractivity contribution in [2.45, 2.75) is 0 Å².